The molecule has 1 atom stereocenters. The van der Waals surface area contributed by atoms with Crippen molar-refractivity contribution in [1.82, 2.24) is 0 Å². The van der Waals surface area contributed by atoms with Crippen LogP contribution in [0.5, 0.6) is 11.5 Å². The number of hydrogen-bond acceptors (Lipinski definition) is 5. The number of hydrogen-bond donors (Lipinski definition) is 0. The van der Waals surface area contributed by atoms with Crippen LogP contribution in [-0.4, -0.2) is 17.8 Å². The third kappa shape index (κ3) is 3.04. The Bertz CT molecular complexity index is 1560. The van der Waals surface area contributed by atoms with Crippen LogP contribution in [0, 0.1) is 10.1 Å². The predicted molar refractivity (Wildman–Crippen MR) is 142 cm³/mol. The number of methoxy groups -OCH3 is 1. The highest BCUT2D eigenvalue weighted by atomic mass is 16.6. The molecule has 6 rings (SSSR count). The third-order valence-electron chi connectivity index (χ3n) is 7.64. The van der Waals surface area contributed by atoms with Gasteiger partial charge in [-0.15, -0.1) is 0 Å². The van der Waals surface area contributed by atoms with Crippen molar-refractivity contribution in [3.63, 3.8) is 0 Å². The van der Waals surface area contributed by atoms with Gasteiger partial charge in [0.05, 0.1) is 24.0 Å². The number of nitrogens with zero attached hydrogens (tertiary/aromatic N) is 2. The second-order valence-electron chi connectivity index (χ2n) is 9.81. The standard InChI is InChI=1S/C30H26N2O4/c1-29(2)25-10-6-7-11-26(25)31(19-21-18-22(32(33)34)13-15-27(21)35-3)30(29)17-16-24-23-9-5-4-8-20(23)12-14-28(24)36-30/h4-18H,19H2,1-3H3. The lowest BCUT2D eigenvalue weighted by Gasteiger charge is -2.47. The molecular weight excluding hydrogens is 452 g/mol. The van der Waals surface area contributed by atoms with Gasteiger partial charge in [-0.25, -0.2) is 0 Å². The van der Waals surface area contributed by atoms with Crippen molar-refractivity contribution in [3.05, 3.63) is 112 Å². The van der Waals surface area contributed by atoms with Crippen LogP contribution in [0.15, 0.2) is 84.9 Å². The molecule has 0 bridgehead atoms. The summed E-state index contributed by atoms with van der Waals surface area (Å²) in [6.45, 7) is 4.75. The molecule has 2 aliphatic heterocycles. The van der Waals surface area contributed by atoms with E-state index in [1.807, 2.05) is 30.3 Å². The van der Waals surface area contributed by atoms with Gasteiger partial charge >= 0.3 is 0 Å². The second kappa shape index (κ2) is 7.85. The first-order valence-corrected chi connectivity index (χ1v) is 11.9. The van der Waals surface area contributed by atoms with Crippen LogP contribution in [0.4, 0.5) is 11.4 Å². The fourth-order valence-corrected chi connectivity index (χ4v) is 5.74. The highest BCUT2D eigenvalue weighted by Crippen LogP contribution is 2.56. The Balaban J connectivity index is 1.53. The molecule has 2 aliphatic rings. The molecule has 2 heterocycles. The molecule has 0 N–H and O–H groups in total. The van der Waals surface area contributed by atoms with Gasteiger partial charge in [0.15, 0.2) is 0 Å². The fraction of sp³-hybridized carbons (Fsp3) is 0.200. The Hall–Kier alpha value is -4.32. The lowest BCUT2D eigenvalue weighted by Crippen LogP contribution is -2.59. The largest absolute Gasteiger partial charge is 0.496 e. The van der Waals surface area contributed by atoms with Gasteiger partial charge in [-0.1, -0.05) is 48.5 Å². The number of nitro groups is 1. The number of para-hydroxylation sites is 1. The molecule has 0 aromatic heterocycles. The van der Waals surface area contributed by atoms with Crippen LogP contribution in [0.1, 0.15) is 30.5 Å². The molecule has 0 radical (unpaired) electrons. The topological polar surface area (TPSA) is 64.8 Å². The van der Waals surface area contributed by atoms with E-state index in [1.54, 1.807) is 19.2 Å². The van der Waals surface area contributed by atoms with Crippen LogP contribution in [-0.2, 0) is 12.0 Å². The van der Waals surface area contributed by atoms with Crippen molar-refractivity contribution in [2.45, 2.75) is 31.5 Å². The summed E-state index contributed by atoms with van der Waals surface area (Å²) in [6.07, 6.45) is 4.30. The minimum Gasteiger partial charge on any atom is -0.496 e. The van der Waals surface area contributed by atoms with E-state index in [0.29, 0.717) is 12.3 Å². The first-order chi connectivity index (χ1) is 17.4. The van der Waals surface area contributed by atoms with E-state index < -0.39 is 11.1 Å². The van der Waals surface area contributed by atoms with Crippen molar-refractivity contribution in [3.8, 4) is 11.5 Å². The Labute approximate surface area is 209 Å². The summed E-state index contributed by atoms with van der Waals surface area (Å²) in [7, 11) is 1.58. The first kappa shape index (κ1) is 22.2. The van der Waals surface area contributed by atoms with Crippen molar-refractivity contribution >= 4 is 28.2 Å². The monoisotopic (exact) mass is 478 g/mol. The van der Waals surface area contributed by atoms with Gasteiger partial charge in [-0.05, 0) is 60.5 Å². The molecule has 0 aliphatic carbocycles. The highest BCUT2D eigenvalue weighted by molar-refractivity contribution is 5.94. The molecular formula is C30H26N2O4. The molecule has 0 amide bonds. The molecule has 4 aromatic carbocycles. The van der Waals surface area contributed by atoms with Crippen LogP contribution in [0.3, 0.4) is 0 Å². The van der Waals surface area contributed by atoms with E-state index in [1.165, 1.54) is 6.07 Å². The smallest absolute Gasteiger partial charge is 0.270 e. The number of ether oxygens (including phenoxy) is 2. The van der Waals surface area contributed by atoms with Gasteiger partial charge in [-0.2, -0.15) is 0 Å². The Morgan fingerprint density at radius 2 is 1.78 bits per heavy atom. The zero-order valence-corrected chi connectivity index (χ0v) is 20.4. The zero-order chi connectivity index (χ0) is 25.1. The Morgan fingerprint density at radius 1 is 1.00 bits per heavy atom. The minimum absolute atomic E-state index is 0.0310. The van der Waals surface area contributed by atoms with Crippen LogP contribution >= 0.6 is 0 Å². The first-order valence-electron chi connectivity index (χ1n) is 11.9. The Morgan fingerprint density at radius 3 is 2.58 bits per heavy atom. The van der Waals surface area contributed by atoms with Crippen molar-refractivity contribution in [1.29, 1.82) is 0 Å². The molecule has 0 fully saturated rings. The number of anilines is 1. The molecule has 6 nitrogen and oxygen atoms in total. The van der Waals surface area contributed by atoms with Gasteiger partial charge in [0.2, 0.25) is 5.72 Å². The summed E-state index contributed by atoms with van der Waals surface area (Å²) < 4.78 is 12.6. The van der Waals surface area contributed by atoms with Crippen LogP contribution in [0.25, 0.3) is 16.8 Å². The molecule has 180 valence electrons. The lowest BCUT2D eigenvalue weighted by molar-refractivity contribution is -0.384. The maximum atomic E-state index is 11.5. The molecule has 36 heavy (non-hydrogen) atoms. The lowest BCUT2D eigenvalue weighted by atomic mass is 9.76. The maximum Gasteiger partial charge on any atom is 0.270 e. The fourth-order valence-electron chi connectivity index (χ4n) is 5.74. The number of fused-ring (bicyclic) bond motifs is 4. The molecule has 6 heteroatoms. The minimum atomic E-state index is -0.845. The van der Waals surface area contributed by atoms with Gasteiger partial charge in [-0.3, -0.25) is 10.1 Å². The number of benzene rings is 4. The van der Waals surface area contributed by atoms with Crippen LogP contribution in [0.2, 0.25) is 0 Å². The van der Waals surface area contributed by atoms with E-state index in [9.17, 15) is 10.1 Å². The summed E-state index contributed by atoms with van der Waals surface area (Å²) in [5, 5.41) is 13.8. The van der Waals surface area contributed by atoms with E-state index in [2.05, 4.69) is 61.2 Å². The molecule has 1 unspecified atom stereocenters. The van der Waals surface area contributed by atoms with E-state index in [4.69, 9.17) is 9.47 Å². The van der Waals surface area contributed by atoms with Crippen molar-refractivity contribution in [2.24, 2.45) is 0 Å². The summed E-state index contributed by atoms with van der Waals surface area (Å²) in [4.78, 5) is 13.4. The second-order valence-corrected chi connectivity index (χ2v) is 9.81. The third-order valence-corrected chi connectivity index (χ3v) is 7.64. The average molecular weight is 479 g/mol. The van der Waals surface area contributed by atoms with Crippen molar-refractivity contribution < 1.29 is 14.4 Å². The molecule has 0 saturated heterocycles. The number of rotatable bonds is 4. The normalized spacial score (nSPS) is 19.1. The van der Waals surface area contributed by atoms with E-state index in [0.717, 1.165) is 38.9 Å². The Kier molecular flexibility index (Phi) is 4.83. The zero-order valence-electron chi connectivity index (χ0n) is 20.4. The SMILES string of the molecule is COc1ccc([N+](=O)[O-])cc1CN1c2ccccc2C(C)(C)C12C=Cc1c(ccc3ccccc13)O2. The van der Waals surface area contributed by atoms with Gasteiger partial charge in [0, 0.05) is 28.9 Å². The number of nitro benzene ring substituents is 1. The van der Waals surface area contributed by atoms with E-state index in [-0.39, 0.29) is 10.6 Å². The number of non-ortho nitro benzene ring substituents is 1. The average Bonchev–Trinajstić information content (AvgIpc) is 3.07. The molecule has 1 spiro atoms. The quantitative estimate of drug-likeness (QED) is 0.237. The highest BCUT2D eigenvalue weighted by Gasteiger charge is 2.58. The summed E-state index contributed by atoms with van der Waals surface area (Å²) in [5.41, 5.74) is 2.73. The summed E-state index contributed by atoms with van der Waals surface area (Å²) >= 11 is 0. The van der Waals surface area contributed by atoms with Gasteiger partial charge in [0.1, 0.15) is 11.5 Å². The van der Waals surface area contributed by atoms with Gasteiger partial charge < -0.3 is 14.4 Å². The predicted octanol–water partition coefficient (Wildman–Crippen LogP) is 6.86. The summed E-state index contributed by atoms with van der Waals surface area (Å²) in [5.74, 6) is 1.41. The van der Waals surface area contributed by atoms with Crippen LogP contribution < -0.4 is 14.4 Å². The summed E-state index contributed by atoms with van der Waals surface area (Å²) in [6, 6.07) is 25.4. The van der Waals surface area contributed by atoms with E-state index >= 15 is 0 Å². The van der Waals surface area contributed by atoms with Gasteiger partial charge in [0.25, 0.3) is 5.69 Å². The molecule has 4 aromatic rings. The van der Waals surface area contributed by atoms with Crippen molar-refractivity contribution in [2.75, 3.05) is 12.0 Å². The molecule has 0 saturated carbocycles. The maximum absolute atomic E-state index is 11.5.